The van der Waals surface area contributed by atoms with Gasteiger partial charge < -0.3 is 34.9 Å². The molecule has 4 N–H and O–H groups in total. The number of hydrogen-bond acceptors (Lipinski definition) is 8. The summed E-state index contributed by atoms with van der Waals surface area (Å²) in [6, 6.07) is -0.282. The second-order valence-electron chi connectivity index (χ2n) is 5.60. The Labute approximate surface area is 130 Å². The molecule has 2 aliphatic rings. The summed E-state index contributed by atoms with van der Waals surface area (Å²) < 4.78 is 19.7. The minimum absolute atomic E-state index is 0.0610. The van der Waals surface area contributed by atoms with Crippen molar-refractivity contribution in [2.75, 3.05) is 20.8 Å². The summed E-state index contributed by atoms with van der Waals surface area (Å²) in [7, 11) is 2.85. The predicted octanol–water partition coefficient (Wildman–Crippen LogP) is -1.19. The Morgan fingerprint density at radius 3 is 2.27 bits per heavy atom. The van der Waals surface area contributed by atoms with Crippen molar-refractivity contribution in [2.45, 2.75) is 62.9 Å². The number of hydrogen-bond donors (Lipinski definition) is 3. The second kappa shape index (κ2) is 8.76. The van der Waals surface area contributed by atoms with Crippen LogP contribution in [0, 0.1) is 0 Å². The van der Waals surface area contributed by atoms with Crippen molar-refractivity contribution in [1.82, 2.24) is 0 Å². The first kappa shape index (κ1) is 19.3. The lowest BCUT2D eigenvalue weighted by Crippen LogP contribution is -2.40. The van der Waals surface area contributed by atoms with E-state index >= 15 is 0 Å². The van der Waals surface area contributed by atoms with Crippen LogP contribution in [0.15, 0.2) is 0 Å². The van der Waals surface area contributed by atoms with Gasteiger partial charge in [0.2, 0.25) is 0 Å². The molecule has 0 radical (unpaired) electrons. The second-order valence-corrected chi connectivity index (χ2v) is 5.60. The fraction of sp³-hybridized carbons (Fsp3) is 0.929. The molecule has 3 unspecified atom stereocenters. The molecule has 0 bridgehead atoms. The smallest absolute Gasteiger partial charge is 0.337 e. The van der Waals surface area contributed by atoms with Crippen molar-refractivity contribution in [1.29, 1.82) is 0 Å². The van der Waals surface area contributed by atoms with Gasteiger partial charge in [-0.2, -0.15) is 0 Å². The van der Waals surface area contributed by atoms with Gasteiger partial charge in [0, 0.05) is 13.5 Å². The summed E-state index contributed by atoms with van der Waals surface area (Å²) in [5.74, 6) is -0.498. The van der Waals surface area contributed by atoms with E-state index in [1.807, 2.05) is 13.8 Å². The number of ether oxygens (including phenoxy) is 4. The van der Waals surface area contributed by atoms with Gasteiger partial charge in [0.15, 0.2) is 6.10 Å². The quantitative estimate of drug-likeness (QED) is 0.555. The molecule has 130 valence electrons. The van der Waals surface area contributed by atoms with Gasteiger partial charge in [0.05, 0.1) is 44.2 Å². The number of nitrogens with two attached hydrogens (primary N) is 1. The Bertz CT molecular complexity index is 354. The largest absolute Gasteiger partial charge is 0.467 e. The molecule has 8 nitrogen and oxygen atoms in total. The van der Waals surface area contributed by atoms with Crippen LogP contribution in [0.2, 0.25) is 0 Å². The summed E-state index contributed by atoms with van der Waals surface area (Å²) in [5, 5.41) is 18.7. The topological polar surface area (TPSA) is 120 Å². The zero-order chi connectivity index (χ0) is 16.9. The Morgan fingerprint density at radius 1 is 1.27 bits per heavy atom. The molecule has 0 saturated carbocycles. The van der Waals surface area contributed by atoms with Gasteiger partial charge >= 0.3 is 5.97 Å². The fourth-order valence-electron chi connectivity index (χ4n) is 2.46. The summed E-state index contributed by atoms with van der Waals surface area (Å²) in [4.78, 5) is 10.9. The van der Waals surface area contributed by atoms with Gasteiger partial charge in [-0.3, -0.25) is 0 Å². The molecular weight excluding hydrogens is 294 g/mol. The average molecular weight is 321 g/mol. The highest BCUT2D eigenvalue weighted by Gasteiger charge is 2.38. The highest BCUT2D eigenvalue weighted by molar-refractivity contribution is 5.75. The first-order valence-corrected chi connectivity index (χ1v) is 7.31. The van der Waals surface area contributed by atoms with Gasteiger partial charge in [-0.15, -0.1) is 0 Å². The molecule has 2 rings (SSSR count). The van der Waals surface area contributed by atoms with E-state index in [1.165, 1.54) is 7.11 Å². The van der Waals surface area contributed by atoms with E-state index in [4.69, 9.17) is 19.9 Å². The van der Waals surface area contributed by atoms with Crippen LogP contribution in [0.25, 0.3) is 0 Å². The normalized spacial score (nSPS) is 41.0. The van der Waals surface area contributed by atoms with E-state index in [2.05, 4.69) is 4.74 Å². The molecule has 2 aliphatic heterocycles. The van der Waals surface area contributed by atoms with Crippen LogP contribution in [0.4, 0.5) is 0 Å². The third-order valence-electron chi connectivity index (χ3n) is 3.77. The molecule has 0 aliphatic carbocycles. The highest BCUT2D eigenvalue weighted by atomic mass is 16.6. The SMILES string of the molecule is COC(=O)[C@H]1O[C@@H](C)CC1O.COC[C@H]1O[C@@H](C)C(N)C1O. The van der Waals surface area contributed by atoms with E-state index < -0.39 is 24.3 Å². The zero-order valence-corrected chi connectivity index (χ0v) is 13.5. The summed E-state index contributed by atoms with van der Waals surface area (Å²) in [6.45, 7) is 4.06. The van der Waals surface area contributed by atoms with Crippen molar-refractivity contribution in [3.63, 3.8) is 0 Å². The molecule has 8 heteroatoms. The van der Waals surface area contributed by atoms with Crippen LogP contribution >= 0.6 is 0 Å². The number of aliphatic hydroxyl groups excluding tert-OH is 2. The summed E-state index contributed by atoms with van der Waals surface area (Å²) >= 11 is 0. The van der Waals surface area contributed by atoms with Gasteiger partial charge in [-0.05, 0) is 13.8 Å². The Hall–Kier alpha value is -0.770. The van der Waals surface area contributed by atoms with E-state index in [9.17, 15) is 15.0 Å². The molecule has 0 spiro atoms. The predicted molar refractivity (Wildman–Crippen MR) is 77.2 cm³/mol. The Balaban J connectivity index is 0.000000220. The summed E-state index contributed by atoms with van der Waals surface area (Å²) in [5.41, 5.74) is 5.61. The maximum Gasteiger partial charge on any atom is 0.337 e. The fourth-order valence-corrected chi connectivity index (χ4v) is 2.46. The molecule has 2 saturated heterocycles. The number of esters is 1. The third-order valence-corrected chi connectivity index (χ3v) is 3.77. The number of aliphatic hydroxyl groups is 2. The van der Waals surface area contributed by atoms with Crippen molar-refractivity contribution in [3.05, 3.63) is 0 Å². The van der Waals surface area contributed by atoms with Gasteiger partial charge in [-0.1, -0.05) is 0 Å². The minimum atomic E-state index is -0.782. The first-order chi connectivity index (χ1) is 10.3. The van der Waals surface area contributed by atoms with E-state index in [-0.39, 0.29) is 24.4 Å². The van der Waals surface area contributed by atoms with Crippen LogP contribution < -0.4 is 5.73 Å². The van der Waals surface area contributed by atoms with Gasteiger partial charge in [0.25, 0.3) is 0 Å². The number of carbonyl (C=O) groups is 1. The zero-order valence-electron chi connectivity index (χ0n) is 13.5. The van der Waals surface area contributed by atoms with E-state index in [0.717, 1.165) is 0 Å². The molecule has 0 aromatic carbocycles. The van der Waals surface area contributed by atoms with Crippen LogP contribution in [0.3, 0.4) is 0 Å². The lowest BCUT2D eigenvalue weighted by atomic mass is 10.1. The Morgan fingerprint density at radius 2 is 1.91 bits per heavy atom. The lowest BCUT2D eigenvalue weighted by Gasteiger charge is -2.13. The Kier molecular flexibility index (Phi) is 7.67. The van der Waals surface area contributed by atoms with Crippen LogP contribution in [-0.2, 0) is 23.7 Å². The summed E-state index contributed by atoms with van der Waals surface area (Å²) in [6.07, 6.45) is -1.98. The van der Waals surface area contributed by atoms with Crippen LogP contribution in [-0.4, -0.2) is 79.7 Å². The van der Waals surface area contributed by atoms with Gasteiger partial charge in [-0.25, -0.2) is 4.79 Å². The molecule has 2 heterocycles. The molecule has 0 amide bonds. The molecule has 0 aromatic rings. The van der Waals surface area contributed by atoms with Crippen molar-refractivity contribution >= 4 is 5.97 Å². The maximum atomic E-state index is 10.9. The van der Waals surface area contributed by atoms with E-state index in [0.29, 0.717) is 13.0 Å². The highest BCUT2D eigenvalue weighted by Crippen LogP contribution is 2.20. The molecule has 2 fully saturated rings. The minimum Gasteiger partial charge on any atom is -0.467 e. The molecule has 7 atom stereocenters. The number of rotatable bonds is 3. The monoisotopic (exact) mass is 321 g/mol. The van der Waals surface area contributed by atoms with Crippen molar-refractivity contribution < 1.29 is 34.0 Å². The lowest BCUT2D eigenvalue weighted by molar-refractivity contribution is -0.156. The van der Waals surface area contributed by atoms with Crippen molar-refractivity contribution in [2.24, 2.45) is 5.73 Å². The number of methoxy groups -OCH3 is 2. The molecular formula is C14H27NO7. The third kappa shape index (κ3) is 4.87. The van der Waals surface area contributed by atoms with Crippen LogP contribution in [0.5, 0.6) is 0 Å². The average Bonchev–Trinajstić information content (AvgIpc) is 2.94. The molecule has 0 aromatic heterocycles. The standard InChI is InChI=1S/C7H15NO3.C7H12O4/c1-4-6(8)7(9)5(11-4)3-10-2;1-4-3-5(8)6(11-4)7(9)10-2/h4-7,9H,3,8H2,1-2H3;4-6,8H,3H2,1-2H3/t4-,5+,6?,7?;4-,5?,6-/m00/s1. The van der Waals surface area contributed by atoms with Crippen molar-refractivity contribution in [3.8, 4) is 0 Å². The van der Waals surface area contributed by atoms with E-state index in [1.54, 1.807) is 7.11 Å². The maximum absolute atomic E-state index is 10.9. The number of carbonyl (C=O) groups excluding carboxylic acids is 1. The van der Waals surface area contributed by atoms with Gasteiger partial charge in [0.1, 0.15) is 6.10 Å². The molecule has 22 heavy (non-hydrogen) atoms. The first-order valence-electron chi connectivity index (χ1n) is 7.31. The van der Waals surface area contributed by atoms with Crippen LogP contribution in [0.1, 0.15) is 20.3 Å².